The molecule has 3 aromatic rings. The Bertz CT molecular complexity index is 1460. The maximum atomic E-state index is 13.6. The van der Waals surface area contributed by atoms with Crippen LogP contribution in [-0.4, -0.2) is 47.0 Å². The fourth-order valence-electron chi connectivity index (χ4n) is 3.66. The molecule has 13 heteroatoms. The molecule has 0 fully saturated rings. The zero-order valence-electron chi connectivity index (χ0n) is 21.6. The number of para-hydroxylation sites is 1. The van der Waals surface area contributed by atoms with E-state index in [1.807, 2.05) is 0 Å². The summed E-state index contributed by atoms with van der Waals surface area (Å²) in [5.41, 5.74) is -0.710. The van der Waals surface area contributed by atoms with Crippen molar-refractivity contribution in [1.29, 1.82) is 0 Å². The van der Waals surface area contributed by atoms with E-state index in [0.29, 0.717) is 29.9 Å². The van der Waals surface area contributed by atoms with Crippen LogP contribution < -0.4 is 14.9 Å². The predicted octanol–water partition coefficient (Wildman–Crippen LogP) is 5.27. The molecule has 2 amide bonds. The first-order valence-corrected chi connectivity index (χ1v) is 13.8. The van der Waals surface area contributed by atoms with Crippen molar-refractivity contribution in [2.45, 2.75) is 24.4 Å². The van der Waals surface area contributed by atoms with Crippen LogP contribution in [0.5, 0.6) is 0 Å². The first-order valence-electron chi connectivity index (χ1n) is 12.0. The first-order chi connectivity index (χ1) is 18.8. The van der Waals surface area contributed by atoms with E-state index in [-0.39, 0.29) is 16.1 Å². The molecular weight excluding hydrogens is 571 g/mol. The molecule has 0 heterocycles. The van der Waals surface area contributed by atoms with Gasteiger partial charge in [0.15, 0.2) is 0 Å². The van der Waals surface area contributed by atoms with Crippen LogP contribution in [0.2, 0.25) is 5.02 Å². The number of methoxy groups -OCH3 is 1. The van der Waals surface area contributed by atoms with Crippen LogP contribution in [0, 0.1) is 6.92 Å². The van der Waals surface area contributed by atoms with Crippen molar-refractivity contribution in [3.8, 4) is 0 Å². The number of nitrogens with zero attached hydrogens (tertiary/aromatic N) is 1. The second-order valence-corrected chi connectivity index (χ2v) is 11.0. The maximum Gasteiger partial charge on any atom is 0.417 e. The second-order valence-electron chi connectivity index (χ2n) is 8.68. The lowest BCUT2D eigenvalue weighted by atomic mass is 10.1. The first kappa shape index (κ1) is 30.9. The summed E-state index contributed by atoms with van der Waals surface area (Å²) in [5.74, 6) is -1.37. The number of benzene rings is 3. The summed E-state index contributed by atoms with van der Waals surface area (Å²) in [6, 6.07) is 14.3. The number of halogens is 4. The number of aryl methyl sites for hydroxylation is 1. The quantitative estimate of drug-likeness (QED) is 0.293. The molecule has 214 valence electrons. The Morgan fingerprint density at radius 3 is 2.35 bits per heavy atom. The Labute approximate surface area is 235 Å². The van der Waals surface area contributed by atoms with Gasteiger partial charge in [0.05, 0.1) is 32.4 Å². The molecule has 0 aromatic heterocycles. The number of anilines is 2. The lowest BCUT2D eigenvalue weighted by molar-refractivity contribution is -0.137. The minimum absolute atomic E-state index is 0.0940. The third kappa shape index (κ3) is 7.74. The zero-order valence-corrected chi connectivity index (χ0v) is 23.2. The molecule has 0 radical (unpaired) electrons. The average molecular weight is 598 g/mol. The summed E-state index contributed by atoms with van der Waals surface area (Å²) in [5, 5.41) is 4.57. The van der Waals surface area contributed by atoms with E-state index >= 15 is 0 Å². The molecule has 3 aromatic carbocycles. The molecule has 0 atom stereocenters. The van der Waals surface area contributed by atoms with Gasteiger partial charge in [-0.3, -0.25) is 13.9 Å². The molecule has 3 rings (SSSR count). The Morgan fingerprint density at radius 2 is 1.70 bits per heavy atom. The number of nitrogens with one attached hydrogen (secondary N) is 2. The highest BCUT2D eigenvalue weighted by Gasteiger charge is 2.35. The summed E-state index contributed by atoms with van der Waals surface area (Å²) in [6.07, 6.45) is -4.31. The third-order valence-electron chi connectivity index (χ3n) is 5.70. The standard InChI is InChI=1S/C27H27ClF3N3O5S/c1-18-8-11-20(12-9-18)40(37,38)34(19-10-13-23(28)22(16-19)27(29,30)31)17-25(35)33-24-7-4-3-6-21(24)26(36)32-14-5-15-39-2/h3-4,6-13,16H,5,14-15,17H2,1-2H3,(H,32,36)(H,33,35). The minimum Gasteiger partial charge on any atom is -0.385 e. The fraction of sp³-hybridized carbons (Fsp3) is 0.259. The van der Waals surface area contributed by atoms with Crippen molar-refractivity contribution in [3.05, 3.63) is 88.4 Å². The lowest BCUT2D eigenvalue weighted by Gasteiger charge is -2.25. The number of carbonyl (C=O) groups excluding carboxylic acids is 2. The van der Waals surface area contributed by atoms with Gasteiger partial charge in [0.25, 0.3) is 15.9 Å². The third-order valence-corrected chi connectivity index (χ3v) is 7.81. The van der Waals surface area contributed by atoms with Crippen LogP contribution in [0.1, 0.15) is 27.9 Å². The van der Waals surface area contributed by atoms with Gasteiger partial charge in [-0.05, 0) is 55.8 Å². The van der Waals surface area contributed by atoms with Crippen LogP contribution in [0.15, 0.2) is 71.6 Å². The van der Waals surface area contributed by atoms with E-state index in [9.17, 15) is 31.2 Å². The van der Waals surface area contributed by atoms with Gasteiger partial charge in [-0.1, -0.05) is 41.4 Å². The van der Waals surface area contributed by atoms with Crippen molar-refractivity contribution in [2.75, 3.05) is 36.4 Å². The molecule has 2 N–H and O–H groups in total. The molecular formula is C27H27ClF3N3O5S. The Hall–Kier alpha value is -3.61. The van der Waals surface area contributed by atoms with Crippen molar-refractivity contribution in [1.82, 2.24) is 5.32 Å². The van der Waals surface area contributed by atoms with Gasteiger partial charge in [-0.25, -0.2) is 8.42 Å². The summed E-state index contributed by atoms with van der Waals surface area (Å²) >= 11 is 5.74. The molecule has 0 aliphatic carbocycles. The van der Waals surface area contributed by atoms with Gasteiger partial charge in [0, 0.05) is 20.3 Å². The van der Waals surface area contributed by atoms with Gasteiger partial charge in [-0.15, -0.1) is 0 Å². The van der Waals surface area contributed by atoms with Crippen molar-refractivity contribution in [2.24, 2.45) is 0 Å². The van der Waals surface area contributed by atoms with E-state index < -0.39 is 50.8 Å². The molecule has 0 saturated carbocycles. The summed E-state index contributed by atoms with van der Waals surface area (Å²) < 4.78 is 73.4. The second kappa shape index (κ2) is 13.2. The van der Waals surface area contributed by atoms with Crippen LogP contribution >= 0.6 is 11.6 Å². The maximum absolute atomic E-state index is 13.6. The number of alkyl halides is 3. The Kier molecular flexibility index (Phi) is 10.2. The highest BCUT2D eigenvalue weighted by molar-refractivity contribution is 7.92. The summed E-state index contributed by atoms with van der Waals surface area (Å²) in [7, 11) is -2.98. The Balaban J connectivity index is 1.95. The van der Waals surface area contributed by atoms with Gasteiger partial charge >= 0.3 is 6.18 Å². The molecule has 0 bridgehead atoms. The summed E-state index contributed by atoms with van der Waals surface area (Å²) in [4.78, 5) is 25.6. The van der Waals surface area contributed by atoms with Crippen molar-refractivity contribution >= 4 is 44.8 Å². The largest absolute Gasteiger partial charge is 0.417 e. The molecule has 40 heavy (non-hydrogen) atoms. The topological polar surface area (TPSA) is 105 Å². The van der Waals surface area contributed by atoms with Crippen LogP contribution in [-0.2, 0) is 25.7 Å². The van der Waals surface area contributed by atoms with Crippen LogP contribution in [0.25, 0.3) is 0 Å². The number of carbonyl (C=O) groups is 2. The molecule has 0 spiro atoms. The van der Waals surface area contributed by atoms with Gasteiger partial charge < -0.3 is 15.4 Å². The lowest BCUT2D eigenvalue weighted by Crippen LogP contribution is -2.38. The predicted molar refractivity (Wildman–Crippen MR) is 146 cm³/mol. The number of hydrogen-bond donors (Lipinski definition) is 2. The Morgan fingerprint density at radius 1 is 1.02 bits per heavy atom. The van der Waals surface area contributed by atoms with E-state index in [0.717, 1.165) is 17.7 Å². The minimum atomic E-state index is -4.87. The number of amides is 2. The van der Waals surface area contributed by atoms with E-state index in [2.05, 4.69) is 10.6 Å². The highest BCUT2D eigenvalue weighted by atomic mass is 35.5. The fourth-order valence-corrected chi connectivity index (χ4v) is 5.30. The monoisotopic (exact) mass is 597 g/mol. The zero-order chi connectivity index (χ0) is 29.5. The molecule has 0 unspecified atom stereocenters. The van der Waals surface area contributed by atoms with Crippen LogP contribution in [0.3, 0.4) is 0 Å². The number of rotatable bonds is 11. The van der Waals surface area contributed by atoms with E-state index in [1.165, 1.54) is 43.5 Å². The van der Waals surface area contributed by atoms with E-state index in [1.54, 1.807) is 19.1 Å². The smallest absolute Gasteiger partial charge is 0.385 e. The molecule has 0 aliphatic rings. The van der Waals surface area contributed by atoms with E-state index in [4.69, 9.17) is 16.3 Å². The molecule has 0 aliphatic heterocycles. The average Bonchev–Trinajstić information content (AvgIpc) is 2.90. The van der Waals surface area contributed by atoms with Gasteiger partial charge in [-0.2, -0.15) is 13.2 Å². The van der Waals surface area contributed by atoms with Gasteiger partial charge in [0.1, 0.15) is 6.54 Å². The number of hydrogen-bond acceptors (Lipinski definition) is 5. The van der Waals surface area contributed by atoms with Crippen LogP contribution in [0.4, 0.5) is 24.5 Å². The van der Waals surface area contributed by atoms with Crippen molar-refractivity contribution in [3.63, 3.8) is 0 Å². The molecule has 8 nitrogen and oxygen atoms in total. The molecule has 0 saturated heterocycles. The number of ether oxygens (including phenoxy) is 1. The number of sulfonamides is 1. The normalized spacial score (nSPS) is 11.7. The SMILES string of the molecule is COCCCNC(=O)c1ccccc1NC(=O)CN(c1ccc(Cl)c(C(F)(F)F)c1)S(=O)(=O)c1ccc(C)cc1. The summed E-state index contributed by atoms with van der Waals surface area (Å²) in [6.45, 7) is 1.60. The highest BCUT2D eigenvalue weighted by Crippen LogP contribution is 2.38. The van der Waals surface area contributed by atoms with Crippen molar-refractivity contribution < 1.29 is 35.9 Å². The van der Waals surface area contributed by atoms with Gasteiger partial charge in [0.2, 0.25) is 5.91 Å².